The van der Waals surface area contributed by atoms with Crippen LogP contribution in [-0.4, -0.2) is 34.9 Å². The van der Waals surface area contributed by atoms with Gasteiger partial charge in [-0.15, -0.1) is 0 Å². The number of rotatable bonds is 5. The van der Waals surface area contributed by atoms with Gasteiger partial charge in [-0.1, -0.05) is 11.6 Å². The Morgan fingerprint density at radius 1 is 1.63 bits per heavy atom. The van der Waals surface area contributed by atoms with Crippen LogP contribution in [0.4, 0.5) is 5.69 Å². The molecule has 0 spiro atoms. The molecule has 8 heteroatoms. The minimum atomic E-state index is -0.575. The van der Waals surface area contributed by atoms with Crippen molar-refractivity contribution in [2.45, 2.75) is 25.9 Å². The molecule has 0 bridgehead atoms. The number of halogens is 1. The standard InChI is InChI=1S/C11H17ClN4O3/c1-11(2,6-13)15-7-4-14-16(5-8(17)19-3)10(18)9(7)12/h4,15H,5-6,13H2,1-3H3. The first kappa shape index (κ1) is 15.5. The number of nitrogens with zero attached hydrogens (tertiary/aromatic N) is 2. The summed E-state index contributed by atoms with van der Waals surface area (Å²) in [4.78, 5) is 23.0. The van der Waals surface area contributed by atoms with Crippen molar-refractivity contribution in [3.63, 3.8) is 0 Å². The van der Waals surface area contributed by atoms with E-state index in [1.54, 1.807) is 0 Å². The highest BCUT2D eigenvalue weighted by Crippen LogP contribution is 2.19. The Balaban J connectivity index is 3.05. The van der Waals surface area contributed by atoms with Crippen molar-refractivity contribution >= 4 is 23.3 Å². The predicted octanol–water partition coefficient (Wildman–Crippen LogP) is 0.219. The maximum absolute atomic E-state index is 11.9. The van der Waals surface area contributed by atoms with Gasteiger partial charge in [0.15, 0.2) is 0 Å². The summed E-state index contributed by atoms with van der Waals surface area (Å²) in [6.45, 7) is 3.80. The Labute approximate surface area is 115 Å². The summed E-state index contributed by atoms with van der Waals surface area (Å²) < 4.78 is 5.40. The molecule has 0 saturated heterocycles. The summed E-state index contributed by atoms with van der Waals surface area (Å²) in [7, 11) is 1.23. The van der Waals surface area contributed by atoms with Crippen molar-refractivity contribution in [1.29, 1.82) is 0 Å². The van der Waals surface area contributed by atoms with Crippen molar-refractivity contribution in [3.8, 4) is 0 Å². The maximum Gasteiger partial charge on any atom is 0.327 e. The number of hydrogen-bond donors (Lipinski definition) is 2. The molecule has 0 atom stereocenters. The fraction of sp³-hybridized carbons (Fsp3) is 0.545. The quantitative estimate of drug-likeness (QED) is 0.752. The maximum atomic E-state index is 11.9. The second-order valence-corrected chi connectivity index (χ2v) is 5.00. The molecule has 7 nitrogen and oxygen atoms in total. The predicted molar refractivity (Wildman–Crippen MR) is 72.3 cm³/mol. The molecule has 0 radical (unpaired) electrons. The lowest BCUT2D eigenvalue weighted by molar-refractivity contribution is -0.141. The molecule has 0 fully saturated rings. The van der Waals surface area contributed by atoms with E-state index in [9.17, 15) is 9.59 Å². The van der Waals surface area contributed by atoms with Crippen molar-refractivity contribution in [1.82, 2.24) is 9.78 Å². The van der Waals surface area contributed by atoms with E-state index in [1.807, 2.05) is 13.8 Å². The van der Waals surface area contributed by atoms with E-state index >= 15 is 0 Å². The Morgan fingerprint density at radius 2 is 2.26 bits per heavy atom. The van der Waals surface area contributed by atoms with Crippen LogP contribution < -0.4 is 16.6 Å². The van der Waals surface area contributed by atoms with Gasteiger partial charge in [-0.25, -0.2) is 4.68 Å². The van der Waals surface area contributed by atoms with Crippen LogP contribution in [0.2, 0.25) is 5.02 Å². The van der Waals surface area contributed by atoms with Crippen LogP contribution in [-0.2, 0) is 16.1 Å². The van der Waals surface area contributed by atoms with Gasteiger partial charge in [0.05, 0.1) is 19.0 Å². The zero-order valence-corrected chi connectivity index (χ0v) is 11.8. The summed E-state index contributed by atoms with van der Waals surface area (Å²) in [5.74, 6) is -0.575. The van der Waals surface area contributed by atoms with E-state index in [1.165, 1.54) is 13.3 Å². The lowest BCUT2D eigenvalue weighted by Crippen LogP contribution is -2.40. The molecule has 19 heavy (non-hydrogen) atoms. The Kier molecular flexibility index (Phi) is 4.90. The molecule has 0 amide bonds. The van der Waals surface area contributed by atoms with Crippen molar-refractivity contribution in [2.24, 2.45) is 5.73 Å². The smallest absolute Gasteiger partial charge is 0.327 e. The third-order valence-corrected chi connectivity index (χ3v) is 2.84. The van der Waals surface area contributed by atoms with Gasteiger partial charge < -0.3 is 15.8 Å². The molecule has 106 valence electrons. The highest BCUT2D eigenvalue weighted by molar-refractivity contribution is 6.32. The number of methoxy groups -OCH3 is 1. The van der Waals surface area contributed by atoms with Crippen molar-refractivity contribution in [3.05, 3.63) is 21.6 Å². The lowest BCUT2D eigenvalue weighted by Gasteiger charge is -2.25. The summed E-state index contributed by atoms with van der Waals surface area (Å²) in [5.41, 5.74) is 4.97. The van der Waals surface area contributed by atoms with Crippen LogP contribution in [0, 0.1) is 0 Å². The highest BCUT2D eigenvalue weighted by atomic mass is 35.5. The largest absolute Gasteiger partial charge is 0.468 e. The summed E-state index contributed by atoms with van der Waals surface area (Å²) in [6, 6.07) is 0. The molecular weight excluding hydrogens is 272 g/mol. The van der Waals surface area contributed by atoms with E-state index in [-0.39, 0.29) is 11.6 Å². The molecule has 1 aromatic heterocycles. The fourth-order valence-corrected chi connectivity index (χ4v) is 1.46. The van der Waals surface area contributed by atoms with E-state index in [4.69, 9.17) is 17.3 Å². The average Bonchev–Trinajstić information content (AvgIpc) is 2.38. The molecule has 1 heterocycles. The molecule has 1 rings (SSSR count). The average molecular weight is 289 g/mol. The second-order valence-electron chi connectivity index (χ2n) is 4.62. The number of carbonyl (C=O) groups is 1. The van der Waals surface area contributed by atoms with Gasteiger partial charge in [0.25, 0.3) is 5.56 Å². The monoisotopic (exact) mass is 288 g/mol. The lowest BCUT2D eigenvalue weighted by atomic mass is 10.1. The molecule has 0 saturated carbocycles. The first-order chi connectivity index (χ1) is 8.80. The molecule has 1 aromatic rings. The number of hydrogen-bond acceptors (Lipinski definition) is 6. The second kappa shape index (κ2) is 6.03. The zero-order chi connectivity index (χ0) is 14.6. The highest BCUT2D eigenvalue weighted by Gasteiger charge is 2.19. The van der Waals surface area contributed by atoms with Crippen molar-refractivity contribution < 1.29 is 9.53 Å². The Bertz CT molecular complexity index is 527. The summed E-state index contributed by atoms with van der Waals surface area (Å²) >= 11 is 5.96. The summed E-state index contributed by atoms with van der Waals surface area (Å²) in [5, 5.41) is 6.84. The third kappa shape index (κ3) is 3.93. The van der Waals surface area contributed by atoms with Crippen molar-refractivity contribution in [2.75, 3.05) is 19.0 Å². The topological polar surface area (TPSA) is 99.2 Å². The van der Waals surface area contributed by atoms with Gasteiger partial charge in [-0.05, 0) is 13.8 Å². The zero-order valence-electron chi connectivity index (χ0n) is 11.1. The van der Waals surface area contributed by atoms with Crippen LogP contribution in [0.15, 0.2) is 11.0 Å². The normalized spacial score (nSPS) is 11.2. The first-order valence-electron chi connectivity index (χ1n) is 5.61. The molecule has 0 aromatic carbocycles. The van der Waals surface area contributed by atoms with Crippen LogP contribution in [0.25, 0.3) is 0 Å². The van der Waals surface area contributed by atoms with Gasteiger partial charge in [-0.2, -0.15) is 5.10 Å². The molecule has 0 aliphatic rings. The Hall–Kier alpha value is -1.60. The van der Waals surface area contributed by atoms with E-state index < -0.39 is 17.1 Å². The van der Waals surface area contributed by atoms with Gasteiger partial charge in [-0.3, -0.25) is 9.59 Å². The van der Waals surface area contributed by atoms with Crippen LogP contribution in [0.5, 0.6) is 0 Å². The SMILES string of the molecule is COC(=O)Cn1ncc(NC(C)(C)CN)c(Cl)c1=O. The van der Waals surface area contributed by atoms with Crippen LogP contribution in [0.1, 0.15) is 13.8 Å². The number of nitrogens with two attached hydrogens (primary N) is 1. The van der Waals surface area contributed by atoms with E-state index in [0.29, 0.717) is 12.2 Å². The van der Waals surface area contributed by atoms with E-state index in [0.717, 1.165) is 4.68 Å². The van der Waals surface area contributed by atoms with Gasteiger partial charge in [0, 0.05) is 12.1 Å². The number of aromatic nitrogens is 2. The molecule has 3 N–H and O–H groups in total. The number of anilines is 1. The third-order valence-electron chi connectivity index (χ3n) is 2.47. The number of esters is 1. The van der Waals surface area contributed by atoms with E-state index in [2.05, 4.69) is 15.2 Å². The minimum absolute atomic E-state index is 0.0413. The molecule has 0 aliphatic heterocycles. The molecule has 0 aliphatic carbocycles. The van der Waals surface area contributed by atoms with Gasteiger partial charge in [0.1, 0.15) is 11.6 Å². The molecular formula is C11H17ClN4O3. The first-order valence-corrected chi connectivity index (χ1v) is 5.99. The number of carbonyl (C=O) groups excluding carboxylic acids is 1. The fourth-order valence-electron chi connectivity index (χ4n) is 1.27. The number of nitrogens with one attached hydrogen (secondary N) is 1. The minimum Gasteiger partial charge on any atom is -0.468 e. The van der Waals surface area contributed by atoms with Crippen LogP contribution in [0.3, 0.4) is 0 Å². The molecule has 0 unspecified atom stereocenters. The summed E-state index contributed by atoms with van der Waals surface area (Å²) in [6.07, 6.45) is 1.38. The van der Waals surface area contributed by atoms with Crippen LogP contribution >= 0.6 is 11.6 Å². The number of ether oxygens (including phenoxy) is 1. The van der Waals surface area contributed by atoms with Gasteiger partial charge in [0.2, 0.25) is 0 Å². The Morgan fingerprint density at radius 3 is 2.79 bits per heavy atom. The van der Waals surface area contributed by atoms with Gasteiger partial charge >= 0.3 is 5.97 Å².